The lowest BCUT2D eigenvalue weighted by atomic mass is 10.1. The summed E-state index contributed by atoms with van der Waals surface area (Å²) in [6.45, 7) is 5.00. The first kappa shape index (κ1) is 15.5. The molecule has 9 heteroatoms. The van der Waals surface area contributed by atoms with E-state index in [4.69, 9.17) is 9.47 Å². The summed E-state index contributed by atoms with van der Waals surface area (Å²) in [5.74, 6) is 0.376. The number of nitro groups is 1. The van der Waals surface area contributed by atoms with Gasteiger partial charge >= 0.3 is 6.09 Å². The Kier molecular flexibility index (Phi) is 5.32. The highest BCUT2D eigenvalue weighted by atomic mass is 16.7. The molecule has 118 valence electrons. The topological polar surface area (TPSA) is 97.5 Å². The maximum atomic E-state index is 11.9. The summed E-state index contributed by atoms with van der Waals surface area (Å²) in [5.41, 5.74) is 0. The minimum absolute atomic E-state index is 0.0630. The van der Waals surface area contributed by atoms with Gasteiger partial charge in [0.2, 0.25) is 0 Å². The van der Waals surface area contributed by atoms with Crippen molar-refractivity contribution >= 4 is 12.1 Å². The first-order chi connectivity index (χ1) is 10.1. The van der Waals surface area contributed by atoms with Crippen LogP contribution in [0.1, 0.15) is 19.8 Å². The van der Waals surface area contributed by atoms with Crippen molar-refractivity contribution in [1.29, 1.82) is 0 Å². The quantitative estimate of drug-likeness (QED) is 0.548. The predicted molar refractivity (Wildman–Crippen MR) is 73.3 cm³/mol. The van der Waals surface area contributed by atoms with Crippen LogP contribution in [0.3, 0.4) is 0 Å². The first-order valence-electron chi connectivity index (χ1n) is 7.11. The third-order valence-electron chi connectivity index (χ3n) is 3.44. The number of amides is 1. The summed E-state index contributed by atoms with van der Waals surface area (Å²) in [4.78, 5) is 25.6. The number of guanidine groups is 1. The molecule has 2 fully saturated rings. The van der Waals surface area contributed by atoms with Crippen molar-refractivity contribution in [3.05, 3.63) is 10.1 Å². The fraction of sp³-hybridized carbons (Fsp3) is 0.833. The second-order valence-corrected chi connectivity index (χ2v) is 5.08. The Balaban J connectivity index is 2.04. The van der Waals surface area contributed by atoms with Gasteiger partial charge in [-0.25, -0.2) is 19.8 Å². The smallest absolute Gasteiger partial charge is 0.416 e. The van der Waals surface area contributed by atoms with Crippen molar-refractivity contribution in [1.82, 2.24) is 9.80 Å². The van der Waals surface area contributed by atoms with Gasteiger partial charge in [0, 0.05) is 25.6 Å². The molecule has 2 aliphatic rings. The molecule has 2 aliphatic heterocycles. The van der Waals surface area contributed by atoms with Crippen molar-refractivity contribution in [2.75, 3.05) is 39.5 Å². The largest absolute Gasteiger partial charge is 0.449 e. The van der Waals surface area contributed by atoms with E-state index in [0.29, 0.717) is 45.2 Å². The molecular formula is C12H20N4O5. The van der Waals surface area contributed by atoms with Crippen LogP contribution in [-0.4, -0.2) is 66.3 Å². The van der Waals surface area contributed by atoms with Crippen molar-refractivity contribution in [3.63, 3.8) is 0 Å². The summed E-state index contributed by atoms with van der Waals surface area (Å²) in [7, 11) is 0. The number of carbonyl (C=O) groups excluding carboxylic acids is 1. The van der Waals surface area contributed by atoms with Gasteiger partial charge in [-0.15, -0.1) is 0 Å². The molecule has 0 radical (unpaired) electrons. The van der Waals surface area contributed by atoms with Crippen LogP contribution in [0.5, 0.6) is 0 Å². The second kappa shape index (κ2) is 7.21. The molecule has 1 amide bonds. The molecular weight excluding hydrogens is 280 g/mol. The number of hydrogen-bond acceptors (Lipinski definition) is 5. The zero-order valence-corrected chi connectivity index (χ0v) is 12.1. The van der Waals surface area contributed by atoms with Gasteiger partial charge < -0.3 is 14.4 Å². The Labute approximate surface area is 122 Å². The maximum absolute atomic E-state index is 11.9. The molecule has 9 nitrogen and oxygen atoms in total. The number of nitrogens with zero attached hydrogens (tertiary/aromatic N) is 4. The number of hydrogen-bond donors (Lipinski definition) is 0. The van der Waals surface area contributed by atoms with Crippen molar-refractivity contribution in [3.8, 4) is 0 Å². The molecule has 21 heavy (non-hydrogen) atoms. The third kappa shape index (κ3) is 4.03. The summed E-state index contributed by atoms with van der Waals surface area (Å²) in [5, 5.41) is 13.3. The van der Waals surface area contributed by atoms with Crippen LogP contribution in [-0.2, 0) is 9.47 Å². The van der Waals surface area contributed by atoms with Crippen LogP contribution in [0.2, 0.25) is 0 Å². The van der Waals surface area contributed by atoms with E-state index in [9.17, 15) is 14.9 Å². The minimum atomic E-state index is -0.779. The fourth-order valence-electron chi connectivity index (χ4n) is 2.43. The number of ether oxygens (including phenoxy) is 2. The summed E-state index contributed by atoms with van der Waals surface area (Å²) in [6, 6.07) is 0. The van der Waals surface area contributed by atoms with Crippen LogP contribution in [0.4, 0.5) is 4.79 Å². The Bertz CT molecular complexity index is 422. The van der Waals surface area contributed by atoms with Crippen molar-refractivity contribution in [2.24, 2.45) is 11.0 Å². The first-order valence-corrected chi connectivity index (χ1v) is 7.11. The van der Waals surface area contributed by atoms with E-state index in [2.05, 4.69) is 5.10 Å². The van der Waals surface area contributed by atoms with Gasteiger partial charge in [0.05, 0.1) is 19.8 Å². The highest BCUT2D eigenvalue weighted by Crippen LogP contribution is 2.18. The van der Waals surface area contributed by atoms with E-state index in [1.165, 1.54) is 4.90 Å². The zero-order valence-electron chi connectivity index (χ0n) is 12.1. The predicted octanol–water partition coefficient (Wildman–Crippen LogP) is 0.735. The number of carbonyl (C=O) groups is 1. The zero-order chi connectivity index (χ0) is 15.2. The van der Waals surface area contributed by atoms with Crippen LogP contribution in [0.25, 0.3) is 0 Å². The normalized spacial score (nSPS) is 23.9. The van der Waals surface area contributed by atoms with Crippen LogP contribution < -0.4 is 0 Å². The lowest BCUT2D eigenvalue weighted by Gasteiger charge is -2.21. The SMILES string of the molecule is CCCOC(=O)N1CCN(CC2CCOC2)C1=N[N+](=O)[O-]. The summed E-state index contributed by atoms with van der Waals surface area (Å²) >= 11 is 0. The Morgan fingerprint density at radius 3 is 3.00 bits per heavy atom. The number of hydrazone groups is 1. The van der Waals surface area contributed by atoms with Gasteiger partial charge in [0.25, 0.3) is 5.96 Å². The fourth-order valence-corrected chi connectivity index (χ4v) is 2.43. The Hall–Kier alpha value is -1.90. The van der Waals surface area contributed by atoms with Gasteiger partial charge in [-0.3, -0.25) is 0 Å². The maximum Gasteiger partial charge on any atom is 0.416 e. The lowest BCUT2D eigenvalue weighted by Crippen LogP contribution is -2.40. The third-order valence-corrected chi connectivity index (χ3v) is 3.44. The molecule has 0 aromatic rings. The molecule has 0 bridgehead atoms. The second-order valence-electron chi connectivity index (χ2n) is 5.08. The van der Waals surface area contributed by atoms with E-state index >= 15 is 0 Å². The molecule has 0 N–H and O–H groups in total. The van der Waals surface area contributed by atoms with Crippen molar-refractivity contribution in [2.45, 2.75) is 19.8 Å². The van der Waals surface area contributed by atoms with E-state index in [0.717, 1.165) is 6.42 Å². The molecule has 2 rings (SSSR count). The molecule has 0 saturated carbocycles. The standard InChI is InChI=1S/C12H20N4O5/c1-2-6-21-12(17)15-5-4-14(11(15)13-16(18)19)8-10-3-7-20-9-10/h10H,2-9H2,1H3. The van der Waals surface area contributed by atoms with E-state index < -0.39 is 11.1 Å². The van der Waals surface area contributed by atoms with E-state index in [1.54, 1.807) is 4.90 Å². The highest BCUT2D eigenvalue weighted by molar-refractivity contribution is 5.95. The number of rotatable bonds is 5. The minimum Gasteiger partial charge on any atom is -0.449 e. The molecule has 2 heterocycles. The Morgan fingerprint density at radius 2 is 2.38 bits per heavy atom. The average molecular weight is 300 g/mol. The van der Waals surface area contributed by atoms with Crippen molar-refractivity contribution < 1.29 is 19.3 Å². The molecule has 1 atom stereocenters. The summed E-state index contributed by atoms with van der Waals surface area (Å²) in [6.07, 6.45) is 1.04. The molecule has 1 unspecified atom stereocenters. The Morgan fingerprint density at radius 1 is 1.57 bits per heavy atom. The van der Waals surface area contributed by atoms with E-state index in [1.807, 2.05) is 6.92 Å². The van der Waals surface area contributed by atoms with Gasteiger partial charge in [0.1, 0.15) is 5.10 Å². The average Bonchev–Trinajstić information content (AvgIpc) is 3.07. The molecule has 0 aliphatic carbocycles. The molecule has 0 aromatic carbocycles. The molecule has 0 spiro atoms. The lowest BCUT2D eigenvalue weighted by molar-refractivity contribution is -0.486. The van der Waals surface area contributed by atoms with Gasteiger partial charge in [-0.05, 0) is 12.8 Å². The van der Waals surface area contributed by atoms with Crippen LogP contribution >= 0.6 is 0 Å². The van der Waals surface area contributed by atoms with Gasteiger partial charge in [0.15, 0.2) is 5.03 Å². The van der Waals surface area contributed by atoms with E-state index in [-0.39, 0.29) is 12.6 Å². The summed E-state index contributed by atoms with van der Waals surface area (Å²) < 4.78 is 10.3. The van der Waals surface area contributed by atoms with Gasteiger partial charge in [-0.1, -0.05) is 6.92 Å². The molecule has 2 saturated heterocycles. The van der Waals surface area contributed by atoms with Gasteiger partial charge in [-0.2, -0.15) is 0 Å². The highest BCUT2D eigenvalue weighted by Gasteiger charge is 2.36. The van der Waals surface area contributed by atoms with Crippen LogP contribution in [0, 0.1) is 16.0 Å². The molecule has 0 aromatic heterocycles. The monoisotopic (exact) mass is 300 g/mol. The van der Waals surface area contributed by atoms with Crippen LogP contribution in [0.15, 0.2) is 5.10 Å².